The first-order valence-corrected chi connectivity index (χ1v) is 7.58. The minimum Gasteiger partial charge on any atom is -0.493 e. The highest BCUT2D eigenvalue weighted by Crippen LogP contribution is 2.33. The van der Waals surface area contributed by atoms with Crippen molar-refractivity contribution in [1.82, 2.24) is 10.2 Å². The maximum atomic E-state index is 5.80. The fraction of sp³-hybridized carbons (Fsp3) is 0.625. The molecule has 1 aromatic rings. The van der Waals surface area contributed by atoms with Gasteiger partial charge in [-0.1, -0.05) is 0 Å². The van der Waals surface area contributed by atoms with Crippen LogP contribution in [0.3, 0.4) is 0 Å². The van der Waals surface area contributed by atoms with Crippen LogP contribution in [0.15, 0.2) is 12.1 Å². The Kier molecular flexibility index (Phi) is 4.63. The zero-order chi connectivity index (χ0) is 14.7. The van der Waals surface area contributed by atoms with E-state index < -0.39 is 0 Å². The van der Waals surface area contributed by atoms with Crippen LogP contribution in [-0.2, 0) is 17.7 Å². The van der Waals surface area contributed by atoms with E-state index in [1.807, 2.05) is 0 Å². The van der Waals surface area contributed by atoms with Crippen LogP contribution in [0.4, 0.5) is 0 Å². The van der Waals surface area contributed by atoms with Gasteiger partial charge in [-0.2, -0.15) is 0 Å². The number of hydrogen-bond acceptors (Lipinski definition) is 5. The normalized spacial score (nSPS) is 22.7. The first-order chi connectivity index (χ1) is 10.3. The Labute approximate surface area is 126 Å². The first-order valence-electron chi connectivity index (χ1n) is 7.58. The van der Waals surface area contributed by atoms with Gasteiger partial charge in [0, 0.05) is 32.7 Å². The van der Waals surface area contributed by atoms with Gasteiger partial charge in [0.15, 0.2) is 11.5 Å². The van der Waals surface area contributed by atoms with E-state index in [0.29, 0.717) is 6.10 Å². The van der Waals surface area contributed by atoms with Gasteiger partial charge >= 0.3 is 0 Å². The van der Waals surface area contributed by atoms with E-state index in [1.54, 1.807) is 14.2 Å². The molecule has 2 aliphatic heterocycles. The molecule has 3 rings (SSSR count). The molecule has 2 aliphatic rings. The van der Waals surface area contributed by atoms with Crippen molar-refractivity contribution in [2.75, 3.05) is 47.0 Å². The van der Waals surface area contributed by atoms with Crippen LogP contribution in [0, 0.1) is 0 Å². The third-order valence-corrected chi connectivity index (χ3v) is 4.26. The van der Waals surface area contributed by atoms with Crippen molar-refractivity contribution in [2.24, 2.45) is 0 Å². The number of ether oxygens (including phenoxy) is 3. The Bertz CT molecular complexity index is 487. The third-order valence-electron chi connectivity index (χ3n) is 4.26. The van der Waals surface area contributed by atoms with E-state index in [4.69, 9.17) is 14.2 Å². The summed E-state index contributed by atoms with van der Waals surface area (Å²) in [4.78, 5) is 2.46. The van der Waals surface area contributed by atoms with Gasteiger partial charge in [-0.25, -0.2) is 0 Å². The lowest BCUT2D eigenvalue weighted by atomic mass is 9.98. The summed E-state index contributed by atoms with van der Waals surface area (Å²) in [5.41, 5.74) is 2.70. The molecule has 0 saturated carbocycles. The maximum absolute atomic E-state index is 5.80. The predicted molar refractivity (Wildman–Crippen MR) is 81.1 cm³/mol. The molecule has 1 saturated heterocycles. The van der Waals surface area contributed by atoms with E-state index in [9.17, 15) is 0 Å². The number of hydrogen-bond donors (Lipinski definition) is 1. The molecule has 1 fully saturated rings. The lowest BCUT2D eigenvalue weighted by molar-refractivity contribution is 0.00299. The molecule has 0 aliphatic carbocycles. The molecule has 116 valence electrons. The summed E-state index contributed by atoms with van der Waals surface area (Å²) in [7, 11) is 3.37. The van der Waals surface area contributed by atoms with E-state index in [2.05, 4.69) is 22.3 Å². The van der Waals surface area contributed by atoms with Crippen molar-refractivity contribution in [3.05, 3.63) is 23.3 Å². The van der Waals surface area contributed by atoms with Crippen molar-refractivity contribution in [1.29, 1.82) is 0 Å². The van der Waals surface area contributed by atoms with Crippen LogP contribution in [0.25, 0.3) is 0 Å². The SMILES string of the molecule is COc1cc2c(cc1OC)CN(CC1CNCCO1)CC2. The molecule has 2 heterocycles. The van der Waals surface area contributed by atoms with Gasteiger partial charge in [0.2, 0.25) is 0 Å². The topological polar surface area (TPSA) is 43.0 Å². The molecule has 21 heavy (non-hydrogen) atoms. The van der Waals surface area contributed by atoms with Gasteiger partial charge in [-0.3, -0.25) is 4.90 Å². The zero-order valence-corrected chi connectivity index (χ0v) is 12.9. The summed E-state index contributed by atoms with van der Waals surface area (Å²) in [6, 6.07) is 4.23. The fourth-order valence-corrected chi connectivity index (χ4v) is 3.12. The lowest BCUT2D eigenvalue weighted by Gasteiger charge is -2.33. The van der Waals surface area contributed by atoms with Crippen molar-refractivity contribution in [3.63, 3.8) is 0 Å². The smallest absolute Gasteiger partial charge is 0.161 e. The highest BCUT2D eigenvalue weighted by atomic mass is 16.5. The first kappa shape index (κ1) is 14.6. The minimum absolute atomic E-state index is 0.306. The summed E-state index contributed by atoms with van der Waals surface area (Å²) < 4.78 is 16.6. The summed E-state index contributed by atoms with van der Waals surface area (Å²) in [6.45, 7) is 5.75. The Balaban J connectivity index is 1.69. The molecule has 1 aromatic carbocycles. The molecule has 0 amide bonds. The summed E-state index contributed by atoms with van der Waals surface area (Å²) in [5, 5.41) is 3.39. The van der Waals surface area contributed by atoms with Crippen LogP contribution < -0.4 is 14.8 Å². The molecule has 1 atom stereocenters. The zero-order valence-electron chi connectivity index (χ0n) is 12.9. The maximum Gasteiger partial charge on any atom is 0.161 e. The average Bonchev–Trinajstić information content (AvgIpc) is 2.54. The number of morpholine rings is 1. The highest BCUT2D eigenvalue weighted by molar-refractivity contribution is 5.48. The van der Waals surface area contributed by atoms with Gasteiger partial charge in [0.1, 0.15) is 0 Å². The quantitative estimate of drug-likeness (QED) is 0.898. The molecule has 1 unspecified atom stereocenters. The largest absolute Gasteiger partial charge is 0.493 e. The average molecular weight is 292 g/mol. The molecule has 1 N–H and O–H groups in total. The second-order valence-corrected chi connectivity index (χ2v) is 5.66. The van der Waals surface area contributed by atoms with Gasteiger partial charge in [-0.15, -0.1) is 0 Å². The van der Waals surface area contributed by atoms with Crippen LogP contribution in [-0.4, -0.2) is 58.0 Å². The van der Waals surface area contributed by atoms with Crippen molar-refractivity contribution in [2.45, 2.75) is 19.1 Å². The Morgan fingerprint density at radius 3 is 2.67 bits per heavy atom. The molecule has 0 aromatic heterocycles. The van der Waals surface area contributed by atoms with Gasteiger partial charge in [0.25, 0.3) is 0 Å². The van der Waals surface area contributed by atoms with E-state index in [1.165, 1.54) is 11.1 Å². The number of nitrogens with zero attached hydrogens (tertiary/aromatic N) is 1. The van der Waals surface area contributed by atoms with Crippen LogP contribution >= 0.6 is 0 Å². The molecule has 0 bridgehead atoms. The van der Waals surface area contributed by atoms with Gasteiger partial charge in [-0.05, 0) is 29.7 Å². The number of methoxy groups -OCH3 is 2. The Hall–Kier alpha value is -1.30. The molecule has 0 radical (unpaired) electrons. The Morgan fingerprint density at radius 2 is 2.00 bits per heavy atom. The van der Waals surface area contributed by atoms with Crippen LogP contribution in [0.1, 0.15) is 11.1 Å². The summed E-state index contributed by atoms with van der Waals surface area (Å²) in [5.74, 6) is 1.64. The van der Waals surface area contributed by atoms with Crippen LogP contribution in [0.2, 0.25) is 0 Å². The van der Waals surface area contributed by atoms with Crippen molar-refractivity contribution in [3.8, 4) is 11.5 Å². The molecule has 0 spiro atoms. The lowest BCUT2D eigenvalue weighted by Crippen LogP contribution is -2.46. The fourth-order valence-electron chi connectivity index (χ4n) is 3.12. The molecule has 5 nitrogen and oxygen atoms in total. The van der Waals surface area contributed by atoms with E-state index in [-0.39, 0.29) is 0 Å². The number of benzene rings is 1. The summed E-state index contributed by atoms with van der Waals surface area (Å²) >= 11 is 0. The van der Waals surface area contributed by atoms with E-state index >= 15 is 0 Å². The second-order valence-electron chi connectivity index (χ2n) is 5.66. The molecular weight excluding hydrogens is 268 g/mol. The monoisotopic (exact) mass is 292 g/mol. The van der Waals surface area contributed by atoms with Crippen LogP contribution in [0.5, 0.6) is 11.5 Å². The molecular formula is C16H24N2O3. The number of fused-ring (bicyclic) bond motifs is 1. The van der Waals surface area contributed by atoms with Crippen molar-refractivity contribution >= 4 is 0 Å². The van der Waals surface area contributed by atoms with E-state index in [0.717, 1.165) is 57.3 Å². The number of rotatable bonds is 4. The van der Waals surface area contributed by atoms with Crippen molar-refractivity contribution < 1.29 is 14.2 Å². The summed E-state index contributed by atoms with van der Waals surface area (Å²) in [6.07, 6.45) is 1.36. The molecule has 5 heteroatoms. The Morgan fingerprint density at radius 1 is 1.24 bits per heavy atom. The van der Waals surface area contributed by atoms with Gasteiger partial charge in [0.05, 0.1) is 26.9 Å². The highest BCUT2D eigenvalue weighted by Gasteiger charge is 2.23. The number of nitrogens with one attached hydrogen (secondary N) is 1. The second kappa shape index (κ2) is 6.64. The third kappa shape index (κ3) is 3.31. The van der Waals surface area contributed by atoms with Gasteiger partial charge < -0.3 is 19.5 Å². The minimum atomic E-state index is 0.306. The standard InChI is InChI=1S/C16H24N2O3/c1-19-15-7-12-3-5-18(10-13(12)8-16(15)20-2)11-14-9-17-4-6-21-14/h7-8,14,17H,3-6,9-11H2,1-2H3. The predicted octanol–water partition coefficient (Wildman–Crippen LogP) is 1.05.